The summed E-state index contributed by atoms with van der Waals surface area (Å²) in [6.45, 7) is 0. The maximum atomic E-state index is 11.5. The summed E-state index contributed by atoms with van der Waals surface area (Å²) >= 11 is 0. The Morgan fingerprint density at radius 2 is 2.00 bits per heavy atom. The molecule has 15 heavy (non-hydrogen) atoms. The quantitative estimate of drug-likeness (QED) is 0.729. The molecule has 1 aromatic heterocycles. The number of nitrogens with zero attached hydrogens (tertiary/aromatic N) is 1. The zero-order valence-corrected chi connectivity index (χ0v) is 7.68. The van der Waals surface area contributed by atoms with Crippen molar-refractivity contribution < 1.29 is 14.4 Å². The highest BCUT2D eigenvalue weighted by Crippen LogP contribution is 2.14. The van der Waals surface area contributed by atoms with Crippen molar-refractivity contribution in [2.75, 3.05) is 5.32 Å². The van der Waals surface area contributed by atoms with Crippen molar-refractivity contribution in [3.05, 3.63) is 42.3 Å². The number of amides is 1. The van der Waals surface area contributed by atoms with Crippen molar-refractivity contribution in [3.63, 3.8) is 0 Å². The number of nitrogens with one attached hydrogen (secondary N) is 1. The molecule has 0 spiro atoms. The highest BCUT2D eigenvalue weighted by molar-refractivity contribution is 6.02. The third kappa shape index (κ3) is 2.14. The largest absolute Gasteiger partial charge is 0.508 e. The van der Waals surface area contributed by atoms with Gasteiger partial charge in [0.15, 0.2) is 5.69 Å². The third-order valence-electron chi connectivity index (χ3n) is 1.80. The van der Waals surface area contributed by atoms with Crippen molar-refractivity contribution in [2.45, 2.75) is 0 Å². The van der Waals surface area contributed by atoms with Gasteiger partial charge < -0.3 is 14.9 Å². The second kappa shape index (κ2) is 3.83. The topological polar surface area (TPSA) is 75.4 Å². The van der Waals surface area contributed by atoms with Gasteiger partial charge in [0, 0.05) is 11.8 Å². The Morgan fingerprint density at radius 3 is 2.60 bits per heavy atom. The van der Waals surface area contributed by atoms with Crippen LogP contribution in [0.5, 0.6) is 5.75 Å². The van der Waals surface area contributed by atoms with Gasteiger partial charge in [0.2, 0.25) is 0 Å². The number of hydrogen-bond donors (Lipinski definition) is 2. The van der Waals surface area contributed by atoms with Crippen molar-refractivity contribution in [2.24, 2.45) is 0 Å². The Kier molecular flexibility index (Phi) is 2.37. The molecule has 0 bridgehead atoms. The summed E-state index contributed by atoms with van der Waals surface area (Å²) in [6, 6.07) is 7.62. The average molecular weight is 204 g/mol. The van der Waals surface area contributed by atoms with Gasteiger partial charge in [-0.2, -0.15) is 0 Å². The van der Waals surface area contributed by atoms with Crippen LogP contribution in [0.4, 0.5) is 5.69 Å². The second-order valence-corrected chi connectivity index (χ2v) is 2.89. The van der Waals surface area contributed by atoms with Gasteiger partial charge >= 0.3 is 0 Å². The number of hydrogen-bond acceptors (Lipinski definition) is 4. The molecule has 0 aliphatic rings. The summed E-state index contributed by atoms with van der Waals surface area (Å²) in [5, 5.41) is 15.1. The highest BCUT2D eigenvalue weighted by Gasteiger charge is 2.08. The monoisotopic (exact) mass is 204 g/mol. The number of rotatable bonds is 2. The standard InChI is InChI=1S/C10H8N2O3/c13-8-3-1-7(2-4-8)11-10(14)9-5-6-15-12-9/h1-6,13H,(H,11,14). The molecule has 0 radical (unpaired) electrons. The lowest BCUT2D eigenvalue weighted by Gasteiger charge is -2.01. The molecule has 0 fully saturated rings. The van der Waals surface area contributed by atoms with E-state index >= 15 is 0 Å². The zero-order valence-electron chi connectivity index (χ0n) is 7.68. The minimum Gasteiger partial charge on any atom is -0.508 e. The number of aromatic hydroxyl groups is 1. The van der Waals surface area contributed by atoms with E-state index in [2.05, 4.69) is 15.0 Å². The first-order valence-electron chi connectivity index (χ1n) is 4.26. The van der Waals surface area contributed by atoms with Crippen LogP contribution in [0.1, 0.15) is 10.5 Å². The normalized spacial score (nSPS) is 9.87. The molecular weight excluding hydrogens is 196 g/mol. The van der Waals surface area contributed by atoms with Crippen molar-refractivity contribution in [1.82, 2.24) is 5.16 Å². The fraction of sp³-hybridized carbons (Fsp3) is 0. The van der Waals surface area contributed by atoms with Gasteiger partial charge in [-0.05, 0) is 24.3 Å². The van der Waals surface area contributed by atoms with Gasteiger partial charge in [-0.25, -0.2) is 0 Å². The first kappa shape index (κ1) is 9.26. The fourth-order valence-corrected chi connectivity index (χ4v) is 1.07. The van der Waals surface area contributed by atoms with E-state index in [-0.39, 0.29) is 17.4 Å². The molecule has 2 rings (SSSR count). The molecule has 1 heterocycles. The molecule has 76 valence electrons. The van der Waals surface area contributed by atoms with Crippen molar-refractivity contribution in [3.8, 4) is 5.75 Å². The predicted octanol–water partition coefficient (Wildman–Crippen LogP) is 1.63. The van der Waals surface area contributed by atoms with Gasteiger partial charge in [-0.15, -0.1) is 0 Å². The van der Waals surface area contributed by atoms with E-state index in [1.165, 1.54) is 24.5 Å². The summed E-state index contributed by atoms with van der Waals surface area (Å²) in [6.07, 6.45) is 1.33. The SMILES string of the molecule is O=C(Nc1ccc(O)cc1)c1ccon1. The molecule has 0 saturated heterocycles. The Morgan fingerprint density at radius 1 is 1.27 bits per heavy atom. The van der Waals surface area contributed by atoms with E-state index < -0.39 is 0 Å². The minimum absolute atomic E-state index is 0.148. The predicted molar refractivity (Wildman–Crippen MR) is 52.6 cm³/mol. The maximum Gasteiger partial charge on any atom is 0.277 e. The summed E-state index contributed by atoms with van der Waals surface area (Å²) < 4.78 is 4.54. The van der Waals surface area contributed by atoms with Crippen LogP contribution < -0.4 is 5.32 Å². The van der Waals surface area contributed by atoms with Gasteiger partial charge in [-0.3, -0.25) is 4.79 Å². The van der Waals surface area contributed by atoms with E-state index in [1.807, 2.05) is 0 Å². The Bertz CT molecular complexity index is 448. The molecule has 0 saturated carbocycles. The van der Waals surface area contributed by atoms with Crippen LogP contribution >= 0.6 is 0 Å². The van der Waals surface area contributed by atoms with E-state index in [9.17, 15) is 4.79 Å². The number of carbonyl (C=O) groups excluding carboxylic acids is 1. The molecule has 1 aromatic carbocycles. The van der Waals surface area contributed by atoms with Crippen LogP contribution in [0.15, 0.2) is 41.1 Å². The molecule has 0 aliphatic heterocycles. The summed E-state index contributed by atoms with van der Waals surface area (Å²) in [5.41, 5.74) is 0.795. The molecule has 2 aromatic rings. The fourth-order valence-electron chi connectivity index (χ4n) is 1.07. The van der Waals surface area contributed by atoms with E-state index in [4.69, 9.17) is 5.11 Å². The van der Waals surface area contributed by atoms with Gasteiger partial charge in [0.1, 0.15) is 12.0 Å². The third-order valence-corrected chi connectivity index (χ3v) is 1.80. The molecule has 5 heteroatoms. The molecule has 5 nitrogen and oxygen atoms in total. The van der Waals surface area contributed by atoms with E-state index in [0.717, 1.165) is 0 Å². The van der Waals surface area contributed by atoms with Crippen LogP contribution in [0.3, 0.4) is 0 Å². The first-order valence-corrected chi connectivity index (χ1v) is 4.26. The molecule has 0 unspecified atom stereocenters. The maximum absolute atomic E-state index is 11.5. The number of aromatic nitrogens is 1. The number of carbonyl (C=O) groups is 1. The minimum atomic E-state index is -0.352. The Balaban J connectivity index is 2.09. The highest BCUT2D eigenvalue weighted by atomic mass is 16.5. The molecular formula is C10H8N2O3. The summed E-state index contributed by atoms with van der Waals surface area (Å²) in [5.74, 6) is -0.205. The number of phenolic OH excluding ortho intramolecular Hbond substituents is 1. The molecule has 0 aliphatic carbocycles. The van der Waals surface area contributed by atoms with Gasteiger partial charge in [0.05, 0.1) is 0 Å². The van der Waals surface area contributed by atoms with Crippen molar-refractivity contribution >= 4 is 11.6 Å². The molecule has 1 amide bonds. The lowest BCUT2D eigenvalue weighted by Crippen LogP contribution is -2.11. The lowest BCUT2D eigenvalue weighted by molar-refractivity contribution is 0.101. The average Bonchev–Trinajstić information content (AvgIpc) is 2.74. The van der Waals surface area contributed by atoms with Crippen LogP contribution in [-0.4, -0.2) is 16.2 Å². The number of anilines is 1. The Labute approximate surface area is 85.3 Å². The second-order valence-electron chi connectivity index (χ2n) is 2.89. The van der Waals surface area contributed by atoms with Crippen LogP contribution in [-0.2, 0) is 0 Å². The molecule has 0 atom stereocenters. The summed E-state index contributed by atoms with van der Waals surface area (Å²) in [4.78, 5) is 11.5. The zero-order chi connectivity index (χ0) is 10.7. The number of benzene rings is 1. The van der Waals surface area contributed by atoms with Crippen LogP contribution in [0.25, 0.3) is 0 Å². The smallest absolute Gasteiger partial charge is 0.277 e. The van der Waals surface area contributed by atoms with Gasteiger partial charge in [0.25, 0.3) is 5.91 Å². The summed E-state index contributed by atoms with van der Waals surface area (Å²) in [7, 11) is 0. The lowest BCUT2D eigenvalue weighted by atomic mass is 10.3. The van der Waals surface area contributed by atoms with Crippen LogP contribution in [0.2, 0.25) is 0 Å². The molecule has 2 N–H and O–H groups in total. The van der Waals surface area contributed by atoms with Crippen molar-refractivity contribution in [1.29, 1.82) is 0 Å². The van der Waals surface area contributed by atoms with E-state index in [0.29, 0.717) is 5.69 Å². The van der Waals surface area contributed by atoms with Crippen LogP contribution in [0, 0.1) is 0 Å². The Hall–Kier alpha value is -2.30. The number of phenols is 1. The first-order chi connectivity index (χ1) is 7.25. The van der Waals surface area contributed by atoms with Gasteiger partial charge in [-0.1, -0.05) is 5.16 Å². The van der Waals surface area contributed by atoms with E-state index in [1.54, 1.807) is 12.1 Å².